The van der Waals surface area contributed by atoms with Crippen LogP contribution in [0.5, 0.6) is 5.75 Å². The lowest BCUT2D eigenvalue weighted by Crippen LogP contribution is -2.41. The van der Waals surface area contributed by atoms with Gasteiger partial charge in [0.1, 0.15) is 18.0 Å². The number of nitrogens with zero attached hydrogens (tertiary/aromatic N) is 1. The second kappa shape index (κ2) is 12.4. The summed E-state index contributed by atoms with van der Waals surface area (Å²) < 4.78 is 49.7. The summed E-state index contributed by atoms with van der Waals surface area (Å²) in [5.74, 6) is 0.00363. The molecule has 0 aromatic heterocycles. The minimum absolute atomic E-state index is 0.0417. The number of amides is 2. The van der Waals surface area contributed by atoms with E-state index in [1.807, 2.05) is 13.8 Å². The molecule has 0 aliphatic rings. The summed E-state index contributed by atoms with van der Waals surface area (Å²) in [6.45, 7) is 12.5. The number of ether oxygens (including phenoxy) is 2. The van der Waals surface area contributed by atoms with Gasteiger partial charge in [-0.15, -0.1) is 0 Å². The molecule has 0 spiro atoms. The van der Waals surface area contributed by atoms with Crippen LogP contribution in [0.25, 0.3) is 0 Å². The minimum Gasteiger partial charge on any atom is -0.489 e. The molecule has 35 heavy (non-hydrogen) atoms. The quantitative estimate of drug-likeness (QED) is 0.471. The molecule has 1 rings (SSSR count). The molecule has 10 heteroatoms. The number of rotatable bonds is 11. The third-order valence-corrected chi connectivity index (χ3v) is 6.89. The van der Waals surface area contributed by atoms with Crippen LogP contribution in [0.15, 0.2) is 41.1 Å². The fraction of sp³-hybridized carbons (Fsp3) is 0.600. The standard InChI is InChI=1S/C25H39FN2O6S/c1-18(2)22(29)28(8)16-25(6,7)17-35(31,32)21-11-9-20(10-12-21)33-15-19(13-26)14-27-23(30)34-24(3,4)5/h9-13,18H,14-17H2,1-8H3,(H,27,30)/b19-13+. The van der Waals surface area contributed by atoms with Gasteiger partial charge >= 0.3 is 6.09 Å². The minimum atomic E-state index is -3.62. The summed E-state index contributed by atoms with van der Waals surface area (Å²) in [4.78, 5) is 25.6. The van der Waals surface area contributed by atoms with Crippen LogP contribution >= 0.6 is 0 Å². The van der Waals surface area contributed by atoms with E-state index >= 15 is 0 Å². The van der Waals surface area contributed by atoms with E-state index in [2.05, 4.69) is 5.32 Å². The highest BCUT2D eigenvalue weighted by atomic mass is 32.2. The maximum absolute atomic E-state index is 13.2. The first-order valence-corrected chi connectivity index (χ1v) is 13.1. The van der Waals surface area contributed by atoms with E-state index in [-0.39, 0.29) is 41.2 Å². The van der Waals surface area contributed by atoms with Crippen LogP contribution in [0.4, 0.5) is 9.18 Å². The SMILES string of the molecule is CC(C)C(=O)N(C)CC(C)(C)CS(=O)(=O)c1ccc(OC/C(=C/F)CNC(=O)OC(C)(C)C)cc1. The summed E-state index contributed by atoms with van der Waals surface area (Å²) in [6.07, 6.45) is -0.326. The zero-order valence-corrected chi connectivity index (χ0v) is 22.8. The number of halogens is 1. The lowest BCUT2D eigenvalue weighted by atomic mass is 9.95. The molecule has 0 atom stereocenters. The maximum atomic E-state index is 13.2. The van der Waals surface area contributed by atoms with Gasteiger partial charge in [-0.25, -0.2) is 17.6 Å². The van der Waals surface area contributed by atoms with Crippen molar-refractivity contribution in [3.05, 3.63) is 36.2 Å². The van der Waals surface area contributed by atoms with Crippen molar-refractivity contribution in [1.82, 2.24) is 10.2 Å². The van der Waals surface area contributed by atoms with E-state index < -0.39 is 26.9 Å². The van der Waals surface area contributed by atoms with Crippen molar-refractivity contribution in [2.24, 2.45) is 11.3 Å². The molecule has 1 aromatic carbocycles. The van der Waals surface area contributed by atoms with Crippen molar-refractivity contribution in [2.75, 3.05) is 32.5 Å². The van der Waals surface area contributed by atoms with Gasteiger partial charge in [0.2, 0.25) is 5.91 Å². The number of benzene rings is 1. The van der Waals surface area contributed by atoms with E-state index in [1.54, 1.807) is 46.6 Å². The number of alkyl carbamates (subject to hydrolysis) is 1. The van der Waals surface area contributed by atoms with Gasteiger partial charge in [0.25, 0.3) is 0 Å². The molecule has 0 heterocycles. The van der Waals surface area contributed by atoms with Gasteiger partial charge < -0.3 is 19.7 Å². The molecule has 8 nitrogen and oxygen atoms in total. The van der Waals surface area contributed by atoms with Gasteiger partial charge in [-0.05, 0) is 50.5 Å². The molecular formula is C25H39FN2O6S. The molecule has 0 aliphatic heterocycles. The van der Waals surface area contributed by atoms with Crippen molar-refractivity contribution in [3.63, 3.8) is 0 Å². The summed E-state index contributed by atoms with van der Waals surface area (Å²) in [7, 11) is -1.95. The predicted molar refractivity (Wildman–Crippen MR) is 134 cm³/mol. The zero-order valence-electron chi connectivity index (χ0n) is 22.0. The molecule has 1 aromatic rings. The van der Waals surface area contributed by atoms with Crippen molar-refractivity contribution in [2.45, 2.75) is 59.0 Å². The molecule has 198 valence electrons. The summed E-state index contributed by atoms with van der Waals surface area (Å²) in [5, 5.41) is 2.45. The fourth-order valence-corrected chi connectivity index (χ4v) is 5.18. The number of carbonyl (C=O) groups excluding carboxylic acids is 2. The number of hydrogen-bond acceptors (Lipinski definition) is 6. The zero-order chi connectivity index (χ0) is 27.0. The topological polar surface area (TPSA) is 102 Å². The van der Waals surface area contributed by atoms with Crippen LogP contribution in [0.1, 0.15) is 48.5 Å². The molecule has 0 unspecified atom stereocenters. The van der Waals surface area contributed by atoms with Gasteiger partial charge in [-0.3, -0.25) is 4.79 Å². The Labute approximate surface area is 208 Å². The van der Waals surface area contributed by atoms with E-state index in [4.69, 9.17) is 9.47 Å². The highest BCUT2D eigenvalue weighted by molar-refractivity contribution is 7.91. The Morgan fingerprint density at radius 3 is 2.17 bits per heavy atom. The first kappa shape index (κ1) is 30.4. The summed E-state index contributed by atoms with van der Waals surface area (Å²) >= 11 is 0. The molecule has 0 bridgehead atoms. The average molecular weight is 515 g/mol. The van der Waals surface area contributed by atoms with Crippen molar-refractivity contribution >= 4 is 21.8 Å². The van der Waals surface area contributed by atoms with Crippen LogP contribution in [-0.4, -0.2) is 63.4 Å². The predicted octanol–water partition coefficient (Wildman–Crippen LogP) is 4.36. The second-order valence-corrected chi connectivity index (χ2v) is 12.6. The van der Waals surface area contributed by atoms with Crippen molar-refractivity contribution in [3.8, 4) is 5.75 Å². The Morgan fingerprint density at radius 1 is 1.11 bits per heavy atom. The maximum Gasteiger partial charge on any atom is 0.407 e. The highest BCUT2D eigenvalue weighted by Gasteiger charge is 2.30. The smallest absolute Gasteiger partial charge is 0.407 e. The van der Waals surface area contributed by atoms with E-state index in [9.17, 15) is 22.4 Å². The van der Waals surface area contributed by atoms with E-state index in [0.717, 1.165) is 0 Å². The molecule has 0 radical (unpaired) electrons. The van der Waals surface area contributed by atoms with Crippen molar-refractivity contribution < 1.29 is 31.9 Å². The van der Waals surface area contributed by atoms with Crippen LogP contribution in [0.2, 0.25) is 0 Å². The average Bonchev–Trinajstić information content (AvgIpc) is 2.71. The van der Waals surface area contributed by atoms with E-state index in [1.165, 1.54) is 24.3 Å². The number of carbonyl (C=O) groups is 2. The summed E-state index contributed by atoms with van der Waals surface area (Å²) in [5.41, 5.74) is -1.15. The Morgan fingerprint density at radius 2 is 1.69 bits per heavy atom. The third-order valence-electron chi connectivity index (χ3n) is 4.74. The number of sulfone groups is 1. The molecule has 1 N–H and O–H groups in total. The Hall–Kier alpha value is -2.62. The first-order valence-electron chi connectivity index (χ1n) is 11.4. The van der Waals surface area contributed by atoms with Gasteiger partial charge in [0, 0.05) is 31.6 Å². The molecular weight excluding hydrogens is 475 g/mol. The van der Waals surface area contributed by atoms with Crippen LogP contribution in [0.3, 0.4) is 0 Å². The van der Waals surface area contributed by atoms with Gasteiger partial charge in [0.05, 0.1) is 17.0 Å². The fourth-order valence-electron chi connectivity index (χ4n) is 3.34. The Bertz CT molecular complexity index is 996. The van der Waals surface area contributed by atoms with Gasteiger partial charge in [-0.1, -0.05) is 27.7 Å². The Balaban J connectivity index is 2.71. The van der Waals surface area contributed by atoms with Crippen molar-refractivity contribution in [1.29, 1.82) is 0 Å². The summed E-state index contributed by atoms with van der Waals surface area (Å²) in [6, 6.07) is 5.85. The monoisotopic (exact) mass is 514 g/mol. The molecule has 0 saturated carbocycles. The third kappa shape index (κ3) is 11.1. The molecule has 0 saturated heterocycles. The first-order chi connectivity index (χ1) is 16.0. The normalized spacial score (nSPS) is 12.9. The van der Waals surface area contributed by atoms with Gasteiger partial charge in [-0.2, -0.15) is 0 Å². The second-order valence-electron chi connectivity index (χ2n) is 10.7. The van der Waals surface area contributed by atoms with E-state index in [0.29, 0.717) is 18.6 Å². The largest absolute Gasteiger partial charge is 0.489 e. The van der Waals surface area contributed by atoms with Crippen LogP contribution in [0, 0.1) is 11.3 Å². The van der Waals surface area contributed by atoms with Crippen LogP contribution < -0.4 is 10.1 Å². The van der Waals surface area contributed by atoms with Gasteiger partial charge in [0.15, 0.2) is 9.84 Å². The molecule has 0 fully saturated rings. The lowest BCUT2D eigenvalue weighted by Gasteiger charge is -2.31. The lowest BCUT2D eigenvalue weighted by molar-refractivity contribution is -0.134. The molecule has 2 amide bonds. The molecule has 0 aliphatic carbocycles. The van der Waals surface area contributed by atoms with Crippen LogP contribution in [-0.2, 0) is 19.4 Å². The Kier molecular flexibility index (Phi) is 10.8. The number of hydrogen-bond donors (Lipinski definition) is 1. The number of nitrogens with one attached hydrogen (secondary N) is 1. The highest BCUT2D eigenvalue weighted by Crippen LogP contribution is 2.26.